The second-order valence-electron chi connectivity index (χ2n) is 10.4. The largest absolute Gasteiger partial charge is 0.298 e. The summed E-state index contributed by atoms with van der Waals surface area (Å²) in [7, 11) is 0. The van der Waals surface area contributed by atoms with Crippen molar-refractivity contribution in [1.82, 2.24) is 4.90 Å². The molecule has 5 fully saturated rings. The van der Waals surface area contributed by atoms with Crippen molar-refractivity contribution in [2.45, 2.75) is 62.3 Å². The number of hydrogen-bond donors (Lipinski definition) is 0. The summed E-state index contributed by atoms with van der Waals surface area (Å²) in [5, 5.41) is 0. The van der Waals surface area contributed by atoms with E-state index in [9.17, 15) is 0 Å². The molecule has 2 aromatic carbocycles. The lowest BCUT2D eigenvalue weighted by molar-refractivity contribution is -0.0985. The molecule has 5 aliphatic rings. The summed E-state index contributed by atoms with van der Waals surface area (Å²) in [6, 6.07) is 22.7. The average Bonchev–Trinajstić information content (AvgIpc) is 2.74. The molecule has 28 heavy (non-hydrogen) atoms. The Labute approximate surface area is 170 Å². The van der Waals surface area contributed by atoms with Gasteiger partial charge < -0.3 is 0 Å². The van der Waals surface area contributed by atoms with Gasteiger partial charge in [-0.05, 0) is 93.3 Å². The Morgan fingerprint density at radius 1 is 0.607 bits per heavy atom. The predicted molar refractivity (Wildman–Crippen MR) is 115 cm³/mol. The first kappa shape index (κ1) is 17.3. The summed E-state index contributed by atoms with van der Waals surface area (Å²) in [6.45, 7) is 2.55. The summed E-state index contributed by atoms with van der Waals surface area (Å²) < 4.78 is 0. The molecule has 4 bridgehead atoms. The van der Waals surface area contributed by atoms with Gasteiger partial charge >= 0.3 is 0 Å². The lowest BCUT2D eigenvalue weighted by atomic mass is 9.52. The third kappa shape index (κ3) is 2.62. The summed E-state index contributed by atoms with van der Waals surface area (Å²) in [4.78, 5) is 2.97. The molecule has 0 N–H and O–H groups in total. The Kier molecular flexibility index (Phi) is 3.98. The van der Waals surface area contributed by atoms with Crippen LogP contribution in [0.25, 0.3) is 0 Å². The average molecular weight is 372 g/mol. The summed E-state index contributed by atoms with van der Waals surface area (Å²) in [6.07, 6.45) is 11.7. The van der Waals surface area contributed by atoms with Crippen LogP contribution in [0.5, 0.6) is 0 Å². The topological polar surface area (TPSA) is 3.24 Å². The Balaban J connectivity index is 1.30. The van der Waals surface area contributed by atoms with Crippen LogP contribution in [0, 0.1) is 17.8 Å². The second-order valence-corrected chi connectivity index (χ2v) is 10.4. The fraction of sp³-hybridized carbons (Fsp3) is 0.556. The molecule has 1 heteroatoms. The van der Waals surface area contributed by atoms with E-state index in [4.69, 9.17) is 0 Å². The SMILES string of the molecule is c1ccc(C2(c3ccccc3)CCN(C34CC5CC(CC(C5)C3)C4)CC2)cc1. The van der Waals surface area contributed by atoms with Crippen LogP contribution in [0.3, 0.4) is 0 Å². The van der Waals surface area contributed by atoms with E-state index in [1.165, 1.54) is 56.3 Å². The highest BCUT2D eigenvalue weighted by Gasteiger charge is 2.54. The van der Waals surface area contributed by atoms with E-state index in [1.807, 2.05) is 0 Å². The van der Waals surface area contributed by atoms with Crippen LogP contribution in [0.1, 0.15) is 62.5 Å². The standard InChI is InChI=1S/C27H33N/c1-3-7-24(8-4-1)27(25-9-5-2-6-10-25)11-13-28(14-12-27)26-18-21-15-22(19-26)17-23(16-21)20-26/h1-10,21-23H,11-20H2. The van der Waals surface area contributed by atoms with Gasteiger partial charge in [-0.2, -0.15) is 0 Å². The Bertz CT molecular complexity index is 739. The zero-order valence-corrected chi connectivity index (χ0v) is 17.0. The first-order valence-corrected chi connectivity index (χ1v) is 11.6. The third-order valence-electron chi connectivity index (χ3n) is 8.95. The van der Waals surface area contributed by atoms with Crippen molar-refractivity contribution in [2.24, 2.45) is 17.8 Å². The van der Waals surface area contributed by atoms with Crippen molar-refractivity contribution in [3.63, 3.8) is 0 Å². The van der Waals surface area contributed by atoms with Crippen LogP contribution in [0.2, 0.25) is 0 Å². The van der Waals surface area contributed by atoms with E-state index >= 15 is 0 Å². The maximum atomic E-state index is 2.97. The number of nitrogens with zero attached hydrogens (tertiary/aromatic N) is 1. The first-order valence-electron chi connectivity index (χ1n) is 11.6. The highest BCUT2D eigenvalue weighted by atomic mass is 15.2. The maximum Gasteiger partial charge on any atom is 0.0227 e. The minimum absolute atomic E-state index is 0.196. The zero-order chi connectivity index (χ0) is 18.6. The van der Waals surface area contributed by atoms with E-state index in [2.05, 4.69) is 65.6 Å². The number of piperidine rings is 1. The molecule has 0 unspecified atom stereocenters. The molecule has 1 heterocycles. The molecule has 1 nitrogen and oxygen atoms in total. The molecule has 0 spiro atoms. The molecule has 146 valence electrons. The molecule has 1 aliphatic heterocycles. The minimum atomic E-state index is 0.196. The molecule has 0 radical (unpaired) electrons. The van der Waals surface area contributed by atoms with Gasteiger partial charge in [0.2, 0.25) is 0 Å². The van der Waals surface area contributed by atoms with Gasteiger partial charge in [-0.1, -0.05) is 60.7 Å². The molecule has 4 saturated carbocycles. The van der Waals surface area contributed by atoms with Gasteiger partial charge in [0.1, 0.15) is 0 Å². The summed E-state index contributed by atoms with van der Waals surface area (Å²) in [5.74, 6) is 3.13. The van der Waals surface area contributed by atoms with Crippen LogP contribution in [-0.4, -0.2) is 23.5 Å². The lowest BCUT2D eigenvalue weighted by Gasteiger charge is -2.62. The summed E-state index contributed by atoms with van der Waals surface area (Å²) in [5.41, 5.74) is 3.80. The van der Waals surface area contributed by atoms with Crippen molar-refractivity contribution in [2.75, 3.05) is 13.1 Å². The lowest BCUT2D eigenvalue weighted by Crippen LogP contribution is -2.62. The van der Waals surface area contributed by atoms with Gasteiger partial charge in [-0.3, -0.25) is 4.90 Å². The number of rotatable bonds is 3. The van der Waals surface area contributed by atoms with E-state index in [0.717, 1.165) is 17.8 Å². The van der Waals surface area contributed by atoms with Crippen molar-refractivity contribution in [1.29, 1.82) is 0 Å². The van der Waals surface area contributed by atoms with Crippen LogP contribution < -0.4 is 0 Å². The monoisotopic (exact) mass is 371 g/mol. The van der Waals surface area contributed by atoms with Gasteiger partial charge in [0.05, 0.1) is 0 Å². The highest BCUT2D eigenvalue weighted by molar-refractivity contribution is 5.40. The van der Waals surface area contributed by atoms with E-state index < -0.39 is 0 Å². The molecule has 7 rings (SSSR count). The maximum absolute atomic E-state index is 2.97. The van der Waals surface area contributed by atoms with Gasteiger partial charge in [0.25, 0.3) is 0 Å². The van der Waals surface area contributed by atoms with Crippen molar-refractivity contribution in [3.8, 4) is 0 Å². The Morgan fingerprint density at radius 2 is 1.04 bits per heavy atom. The predicted octanol–water partition coefficient (Wildman–Crippen LogP) is 6.04. The van der Waals surface area contributed by atoms with Crippen molar-refractivity contribution < 1.29 is 0 Å². The smallest absolute Gasteiger partial charge is 0.0227 e. The zero-order valence-electron chi connectivity index (χ0n) is 17.0. The highest BCUT2D eigenvalue weighted by Crippen LogP contribution is 2.58. The van der Waals surface area contributed by atoms with E-state index in [-0.39, 0.29) is 5.41 Å². The normalized spacial score (nSPS) is 36.5. The fourth-order valence-electron chi connectivity index (χ4n) is 8.07. The summed E-state index contributed by atoms with van der Waals surface area (Å²) >= 11 is 0. The van der Waals surface area contributed by atoms with Gasteiger partial charge in [-0.25, -0.2) is 0 Å². The third-order valence-corrected chi connectivity index (χ3v) is 8.95. The molecule has 4 aliphatic carbocycles. The minimum Gasteiger partial charge on any atom is -0.298 e. The van der Waals surface area contributed by atoms with Crippen molar-refractivity contribution >= 4 is 0 Å². The van der Waals surface area contributed by atoms with E-state index in [1.54, 1.807) is 19.3 Å². The van der Waals surface area contributed by atoms with Crippen LogP contribution in [-0.2, 0) is 5.41 Å². The molecule has 0 atom stereocenters. The van der Waals surface area contributed by atoms with Crippen LogP contribution in [0.15, 0.2) is 60.7 Å². The fourth-order valence-corrected chi connectivity index (χ4v) is 8.07. The van der Waals surface area contributed by atoms with Crippen LogP contribution in [0.4, 0.5) is 0 Å². The molecule has 0 aromatic heterocycles. The molecular formula is C27H33N. The second kappa shape index (κ2) is 6.46. The number of benzene rings is 2. The van der Waals surface area contributed by atoms with Gasteiger partial charge in [0.15, 0.2) is 0 Å². The first-order chi connectivity index (χ1) is 13.8. The van der Waals surface area contributed by atoms with Gasteiger partial charge in [-0.15, -0.1) is 0 Å². The molecule has 2 aromatic rings. The van der Waals surface area contributed by atoms with Gasteiger partial charge in [0, 0.05) is 11.0 Å². The van der Waals surface area contributed by atoms with E-state index in [0.29, 0.717) is 5.54 Å². The molecular weight excluding hydrogens is 338 g/mol. The number of hydrogen-bond acceptors (Lipinski definition) is 1. The van der Waals surface area contributed by atoms with Crippen molar-refractivity contribution in [3.05, 3.63) is 71.8 Å². The molecule has 0 amide bonds. The number of likely N-dealkylation sites (tertiary alicyclic amines) is 1. The quantitative estimate of drug-likeness (QED) is 0.636. The van der Waals surface area contributed by atoms with Crippen LogP contribution >= 0.6 is 0 Å². The molecule has 1 saturated heterocycles. The Morgan fingerprint density at radius 3 is 1.46 bits per heavy atom. The Hall–Kier alpha value is -1.60.